The largest absolute Gasteiger partial charge is 0.495 e. The first-order chi connectivity index (χ1) is 14.1. The number of benzene rings is 2. The molecule has 1 aliphatic heterocycles. The fourth-order valence-electron chi connectivity index (χ4n) is 3.40. The summed E-state index contributed by atoms with van der Waals surface area (Å²) in [5.41, 5.74) is 1.59. The van der Waals surface area contributed by atoms with Crippen LogP contribution in [-0.4, -0.2) is 65.8 Å². The molecule has 3 rings (SSSR count). The van der Waals surface area contributed by atoms with Crippen molar-refractivity contribution in [2.45, 2.75) is 23.6 Å². The summed E-state index contributed by atoms with van der Waals surface area (Å²) in [6, 6.07) is 9.92. The molecule has 1 fully saturated rings. The first kappa shape index (κ1) is 22.5. The third-order valence-corrected chi connectivity index (χ3v) is 8.91. The Bertz CT molecular complexity index is 1050. The Hall–Kier alpha value is -2.14. The zero-order valence-electron chi connectivity index (χ0n) is 17.5. The van der Waals surface area contributed by atoms with Gasteiger partial charge in [0.25, 0.3) is 0 Å². The summed E-state index contributed by atoms with van der Waals surface area (Å²) in [5, 5.41) is 0. The Morgan fingerprint density at radius 2 is 1.00 bits per heavy atom. The highest BCUT2D eigenvalue weighted by Crippen LogP contribution is 2.31. The van der Waals surface area contributed by atoms with Crippen LogP contribution in [0.25, 0.3) is 0 Å². The summed E-state index contributed by atoms with van der Waals surface area (Å²) < 4.78 is 65.6. The number of rotatable bonds is 6. The van der Waals surface area contributed by atoms with Crippen LogP contribution in [0.2, 0.25) is 0 Å². The molecule has 30 heavy (non-hydrogen) atoms. The van der Waals surface area contributed by atoms with Gasteiger partial charge in [0.15, 0.2) is 0 Å². The smallest absolute Gasteiger partial charge is 0.246 e. The monoisotopic (exact) mass is 454 g/mol. The predicted octanol–water partition coefficient (Wildman–Crippen LogP) is 2.02. The van der Waals surface area contributed by atoms with Crippen LogP contribution in [0.4, 0.5) is 0 Å². The fraction of sp³-hybridized carbons (Fsp3) is 0.400. The Kier molecular flexibility index (Phi) is 6.42. The summed E-state index contributed by atoms with van der Waals surface area (Å²) in [6.07, 6.45) is 0. The molecule has 0 spiro atoms. The van der Waals surface area contributed by atoms with E-state index in [4.69, 9.17) is 9.47 Å². The molecule has 2 aromatic rings. The van der Waals surface area contributed by atoms with Crippen LogP contribution in [0.3, 0.4) is 0 Å². The molecule has 0 bridgehead atoms. The lowest BCUT2D eigenvalue weighted by atomic mass is 10.2. The van der Waals surface area contributed by atoms with E-state index in [2.05, 4.69) is 0 Å². The fourth-order valence-corrected chi connectivity index (χ4v) is 6.72. The highest BCUT2D eigenvalue weighted by atomic mass is 32.2. The van der Waals surface area contributed by atoms with E-state index in [0.717, 1.165) is 11.1 Å². The number of hydrogen-bond donors (Lipinski definition) is 0. The normalized spacial score (nSPS) is 16.4. The maximum Gasteiger partial charge on any atom is 0.246 e. The van der Waals surface area contributed by atoms with E-state index in [1.807, 2.05) is 0 Å². The van der Waals surface area contributed by atoms with Crippen molar-refractivity contribution < 1.29 is 26.3 Å². The molecule has 0 atom stereocenters. The standard InChI is InChI=1S/C20H26N2O6S2/c1-15-5-7-17(27-3)19(13-15)29(23,24)21-9-11-22(12-10-21)30(25,26)20-14-16(2)6-8-18(20)28-4/h5-8,13-14H,9-12H2,1-4H3. The van der Waals surface area contributed by atoms with Gasteiger partial charge >= 0.3 is 0 Å². The average Bonchev–Trinajstić information content (AvgIpc) is 2.73. The van der Waals surface area contributed by atoms with E-state index in [0.29, 0.717) is 0 Å². The SMILES string of the molecule is COc1ccc(C)cc1S(=O)(=O)N1CCN(S(=O)(=O)c2cc(C)ccc2OC)CC1. The number of hydrogen-bond acceptors (Lipinski definition) is 6. The molecule has 8 nitrogen and oxygen atoms in total. The van der Waals surface area contributed by atoms with Gasteiger partial charge in [-0.2, -0.15) is 8.61 Å². The molecule has 1 aliphatic rings. The summed E-state index contributed by atoms with van der Waals surface area (Å²) in [5.74, 6) is 0.528. The van der Waals surface area contributed by atoms with E-state index in [1.54, 1.807) is 50.2 Å². The number of sulfonamides is 2. The number of methoxy groups -OCH3 is 2. The van der Waals surface area contributed by atoms with E-state index < -0.39 is 20.0 Å². The van der Waals surface area contributed by atoms with Crippen LogP contribution >= 0.6 is 0 Å². The van der Waals surface area contributed by atoms with Gasteiger partial charge in [0.2, 0.25) is 20.0 Å². The van der Waals surface area contributed by atoms with Gasteiger partial charge in [0.05, 0.1) is 14.2 Å². The maximum absolute atomic E-state index is 13.1. The van der Waals surface area contributed by atoms with E-state index in [-0.39, 0.29) is 47.5 Å². The van der Waals surface area contributed by atoms with Crippen molar-refractivity contribution in [3.8, 4) is 11.5 Å². The summed E-state index contributed by atoms with van der Waals surface area (Å²) in [6.45, 7) is 3.80. The molecule has 0 radical (unpaired) electrons. The van der Waals surface area contributed by atoms with Crippen molar-refractivity contribution in [3.63, 3.8) is 0 Å². The lowest BCUT2D eigenvalue weighted by Crippen LogP contribution is -2.50. The van der Waals surface area contributed by atoms with E-state index in [9.17, 15) is 16.8 Å². The van der Waals surface area contributed by atoms with Gasteiger partial charge < -0.3 is 9.47 Å². The zero-order chi connectivity index (χ0) is 22.1. The molecular formula is C20H26N2O6S2. The molecule has 0 aliphatic carbocycles. The molecule has 0 amide bonds. The number of aryl methyl sites for hydroxylation is 2. The topological polar surface area (TPSA) is 93.2 Å². The number of piperazine rings is 1. The Morgan fingerprint density at radius 1 is 0.667 bits per heavy atom. The second kappa shape index (κ2) is 8.54. The minimum atomic E-state index is -3.82. The van der Waals surface area contributed by atoms with Gasteiger partial charge in [-0.3, -0.25) is 0 Å². The Balaban J connectivity index is 1.84. The molecule has 0 saturated carbocycles. The maximum atomic E-state index is 13.1. The van der Waals surface area contributed by atoms with Gasteiger partial charge in [-0.1, -0.05) is 12.1 Å². The van der Waals surface area contributed by atoms with Gasteiger partial charge in [0.1, 0.15) is 21.3 Å². The van der Waals surface area contributed by atoms with Crippen molar-refractivity contribution >= 4 is 20.0 Å². The van der Waals surface area contributed by atoms with Crippen molar-refractivity contribution in [1.82, 2.24) is 8.61 Å². The van der Waals surface area contributed by atoms with Crippen LogP contribution in [0.5, 0.6) is 11.5 Å². The van der Waals surface area contributed by atoms with Crippen LogP contribution < -0.4 is 9.47 Å². The van der Waals surface area contributed by atoms with Gasteiger partial charge in [-0.25, -0.2) is 16.8 Å². The summed E-state index contributed by atoms with van der Waals surface area (Å²) >= 11 is 0. The van der Waals surface area contributed by atoms with Gasteiger partial charge in [0, 0.05) is 26.2 Å². The van der Waals surface area contributed by atoms with Crippen LogP contribution in [0.15, 0.2) is 46.2 Å². The van der Waals surface area contributed by atoms with Crippen LogP contribution in [0, 0.1) is 13.8 Å². The lowest BCUT2D eigenvalue weighted by Gasteiger charge is -2.33. The van der Waals surface area contributed by atoms with Crippen LogP contribution in [-0.2, 0) is 20.0 Å². The number of ether oxygens (including phenoxy) is 2. The molecule has 0 N–H and O–H groups in total. The minimum Gasteiger partial charge on any atom is -0.495 e. The van der Waals surface area contributed by atoms with Crippen molar-refractivity contribution in [3.05, 3.63) is 47.5 Å². The quantitative estimate of drug-likeness (QED) is 0.663. The van der Waals surface area contributed by atoms with Gasteiger partial charge in [-0.05, 0) is 49.2 Å². The zero-order valence-corrected chi connectivity index (χ0v) is 19.1. The summed E-state index contributed by atoms with van der Waals surface area (Å²) in [7, 11) is -4.80. The lowest BCUT2D eigenvalue weighted by molar-refractivity contribution is 0.271. The highest BCUT2D eigenvalue weighted by Gasteiger charge is 2.36. The molecule has 2 aromatic carbocycles. The first-order valence-electron chi connectivity index (χ1n) is 9.41. The van der Waals surface area contributed by atoms with Crippen molar-refractivity contribution in [1.29, 1.82) is 0 Å². The minimum absolute atomic E-state index is 0.0484. The second-order valence-corrected chi connectivity index (χ2v) is 10.9. The van der Waals surface area contributed by atoms with E-state index in [1.165, 1.54) is 22.8 Å². The van der Waals surface area contributed by atoms with Crippen molar-refractivity contribution in [2.75, 3.05) is 40.4 Å². The van der Waals surface area contributed by atoms with Crippen molar-refractivity contribution in [2.24, 2.45) is 0 Å². The number of nitrogens with zero attached hydrogens (tertiary/aromatic N) is 2. The molecule has 164 valence electrons. The van der Waals surface area contributed by atoms with Crippen LogP contribution in [0.1, 0.15) is 11.1 Å². The first-order valence-corrected chi connectivity index (χ1v) is 12.3. The molecule has 0 unspecified atom stereocenters. The summed E-state index contributed by atoms with van der Waals surface area (Å²) in [4.78, 5) is 0.170. The molecule has 0 aromatic heterocycles. The average molecular weight is 455 g/mol. The third-order valence-electron chi connectivity index (χ3n) is 5.07. The third kappa shape index (κ3) is 4.18. The molecular weight excluding hydrogens is 428 g/mol. The highest BCUT2D eigenvalue weighted by molar-refractivity contribution is 7.89. The predicted molar refractivity (Wildman–Crippen MR) is 113 cm³/mol. The molecule has 1 heterocycles. The van der Waals surface area contributed by atoms with E-state index >= 15 is 0 Å². The molecule has 1 saturated heterocycles. The Labute approximate surface area is 178 Å². The Morgan fingerprint density at radius 3 is 1.30 bits per heavy atom. The van der Waals surface area contributed by atoms with Gasteiger partial charge in [-0.15, -0.1) is 0 Å². The second-order valence-electron chi connectivity index (χ2n) is 7.12. The molecule has 10 heteroatoms.